The van der Waals surface area contributed by atoms with Crippen molar-refractivity contribution in [3.05, 3.63) is 27.8 Å². The van der Waals surface area contributed by atoms with Gasteiger partial charge in [-0.2, -0.15) is 0 Å². The van der Waals surface area contributed by atoms with Gasteiger partial charge < -0.3 is 24.4 Å². The van der Waals surface area contributed by atoms with Gasteiger partial charge in [0.05, 0.1) is 24.7 Å². The Balaban J connectivity index is 0.00000338. The van der Waals surface area contributed by atoms with Crippen molar-refractivity contribution in [1.82, 2.24) is 10.2 Å². The molecule has 1 aliphatic rings. The zero-order valence-corrected chi connectivity index (χ0v) is 15.7. The maximum absolute atomic E-state index is 12.8. The van der Waals surface area contributed by atoms with Crippen LogP contribution in [0.3, 0.4) is 0 Å². The minimum Gasteiger partial charge on any atom is -0.493 e. The molecule has 0 aliphatic carbocycles. The number of carbonyl (C=O) groups is 1. The molecule has 9 nitrogen and oxygen atoms in total. The number of methoxy groups -OCH3 is 2. The highest BCUT2D eigenvalue weighted by Crippen LogP contribution is 2.35. The van der Waals surface area contributed by atoms with Crippen LogP contribution in [0.4, 0.5) is 5.69 Å². The molecule has 1 N–H and O–H groups in total. The van der Waals surface area contributed by atoms with Gasteiger partial charge in [-0.1, -0.05) is 0 Å². The fourth-order valence-electron chi connectivity index (χ4n) is 2.60. The topological polar surface area (TPSA) is 103 Å². The molecule has 2 rings (SSSR count). The van der Waals surface area contributed by atoms with Gasteiger partial charge in [-0.25, -0.2) is 0 Å². The van der Waals surface area contributed by atoms with Gasteiger partial charge >= 0.3 is 0 Å². The molecule has 0 aromatic heterocycles. The van der Waals surface area contributed by atoms with Crippen LogP contribution in [0, 0.1) is 10.1 Å². The number of benzene rings is 1. The summed E-state index contributed by atoms with van der Waals surface area (Å²) < 4.78 is 15.6. The van der Waals surface area contributed by atoms with Gasteiger partial charge in [0.1, 0.15) is 12.2 Å². The Bertz CT molecular complexity index is 620. The normalized spacial score (nSPS) is 14.2. The lowest BCUT2D eigenvalue weighted by molar-refractivity contribution is -0.385. The highest BCUT2D eigenvalue weighted by molar-refractivity contribution is 5.99. The summed E-state index contributed by atoms with van der Waals surface area (Å²) >= 11 is 0. The van der Waals surface area contributed by atoms with E-state index in [1.807, 2.05) is 0 Å². The Kier molecular flexibility index (Phi) is 9.11. The molecule has 26 heavy (non-hydrogen) atoms. The Morgan fingerprint density at radius 2 is 2.00 bits per heavy atom. The van der Waals surface area contributed by atoms with Crippen LogP contribution < -0.4 is 14.8 Å². The number of hydrogen-bond donors (Lipinski definition) is 1. The number of amides is 1. The fourth-order valence-corrected chi connectivity index (χ4v) is 2.60. The quantitative estimate of drug-likeness (QED) is 0.428. The number of nitro benzene ring substituents is 1. The van der Waals surface area contributed by atoms with E-state index in [2.05, 4.69) is 5.32 Å². The molecular formula is C16H24ClN3O6. The van der Waals surface area contributed by atoms with Crippen LogP contribution in [-0.4, -0.2) is 69.3 Å². The van der Waals surface area contributed by atoms with Gasteiger partial charge in [-0.05, 0) is 13.0 Å². The van der Waals surface area contributed by atoms with Crippen LogP contribution in [0.15, 0.2) is 12.1 Å². The summed E-state index contributed by atoms with van der Waals surface area (Å²) in [6, 6.07) is 2.61. The summed E-state index contributed by atoms with van der Waals surface area (Å²) in [5.41, 5.74) is -0.293. The first-order valence-electron chi connectivity index (χ1n) is 8.06. The van der Waals surface area contributed by atoms with Crippen molar-refractivity contribution >= 4 is 24.0 Å². The number of rotatable bonds is 7. The van der Waals surface area contributed by atoms with Crippen molar-refractivity contribution in [2.75, 3.05) is 53.6 Å². The second-order valence-electron chi connectivity index (χ2n) is 5.51. The maximum atomic E-state index is 12.8. The summed E-state index contributed by atoms with van der Waals surface area (Å²) in [4.78, 5) is 25.3. The minimum absolute atomic E-state index is 0. The number of nitrogens with zero attached hydrogens (tertiary/aromatic N) is 2. The largest absolute Gasteiger partial charge is 0.493 e. The van der Waals surface area contributed by atoms with Gasteiger partial charge in [0, 0.05) is 32.8 Å². The summed E-state index contributed by atoms with van der Waals surface area (Å²) in [6.45, 7) is 3.09. The molecule has 146 valence electrons. The average molecular weight is 390 g/mol. The third kappa shape index (κ3) is 5.45. The summed E-state index contributed by atoms with van der Waals surface area (Å²) in [5.74, 6) is 0.107. The molecule has 0 bridgehead atoms. The second kappa shape index (κ2) is 10.8. The third-order valence-corrected chi connectivity index (χ3v) is 3.88. The highest BCUT2D eigenvalue weighted by atomic mass is 35.5. The van der Waals surface area contributed by atoms with Crippen molar-refractivity contribution in [2.24, 2.45) is 0 Å². The molecule has 1 heterocycles. The van der Waals surface area contributed by atoms with Gasteiger partial charge in [-0.3, -0.25) is 14.9 Å². The first-order valence-corrected chi connectivity index (χ1v) is 8.06. The molecule has 1 amide bonds. The molecule has 1 aliphatic heterocycles. The van der Waals surface area contributed by atoms with E-state index < -0.39 is 4.92 Å². The monoisotopic (exact) mass is 389 g/mol. The van der Waals surface area contributed by atoms with Crippen molar-refractivity contribution in [3.63, 3.8) is 0 Å². The molecule has 0 atom stereocenters. The number of nitrogens with one attached hydrogen (secondary N) is 1. The van der Waals surface area contributed by atoms with E-state index in [0.717, 1.165) is 13.0 Å². The zero-order chi connectivity index (χ0) is 18.2. The molecule has 1 aromatic carbocycles. The second-order valence-corrected chi connectivity index (χ2v) is 5.51. The summed E-state index contributed by atoms with van der Waals surface area (Å²) in [5, 5.41) is 14.7. The number of hydrogen-bond acceptors (Lipinski definition) is 7. The van der Waals surface area contributed by atoms with E-state index in [1.165, 1.54) is 26.4 Å². The predicted molar refractivity (Wildman–Crippen MR) is 97.7 cm³/mol. The summed E-state index contributed by atoms with van der Waals surface area (Å²) in [7, 11) is 2.95. The molecule has 1 fully saturated rings. The van der Waals surface area contributed by atoms with Crippen LogP contribution in [0.1, 0.15) is 16.8 Å². The van der Waals surface area contributed by atoms with Crippen molar-refractivity contribution in [1.29, 1.82) is 0 Å². The standard InChI is InChI=1S/C16H23N3O6.ClH/c1-23-8-9-25-15-11-13(19(21)22)12(10-14(15)24-2)16(20)18-6-3-4-17-5-7-18;/h10-11,17H,3-9H2,1-2H3;1H. The molecule has 0 radical (unpaired) electrons. The lowest BCUT2D eigenvalue weighted by Gasteiger charge is -2.20. The number of nitro groups is 1. The average Bonchev–Trinajstić information content (AvgIpc) is 2.90. The van der Waals surface area contributed by atoms with E-state index in [4.69, 9.17) is 14.2 Å². The Hall–Kier alpha value is -2.10. The fraction of sp³-hybridized carbons (Fsp3) is 0.562. The molecule has 0 unspecified atom stereocenters. The smallest absolute Gasteiger partial charge is 0.286 e. The van der Waals surface area contributed by atoms with Crippen LogP contribution >= 0.6 is 12.4 Å². The van der Waals surface area contributed by atoms with Gasteiger partial charge in [-0.15, -0.1) is 12.4 Å². The maximum Gasteiger partial charge on any atom is 0.286 e. The first-order chi connectivity index (χ1) is 12.1. The van der Waals surface area contributed by atoms with E-state index in [-0.39, 0.29) is 47.7 Å². The molecule has 1 saturated heterocycles. The van der Waals surface area contributed by atoms with Crippen molar-refractivity contribution < 1.29 is 23.9 Å². The lowest BCUT2D eigenvalue weighted by Crippen LogP contribution is -2.34. The van der Waals surface area contributed by atoms with Crippen LogP contribution in [0.5, 0.6) is 11.5 Å². The molecular weight excluding hydrogens is 366 g/mol. The van der Waals surface area contributed by atoms with Crippen molar-refractivity contribution in [2.45, 2.75) is 6.42 Å². The Labute approximate surface area is 158 Å². The lowest BCUT2D eigenvalue weighted by atomic mass is 10.1. The predicted octanol–water partition coefficient (Wildman–Crippen LogP) is 1.49. The van der Waals surface area contributed by atoms with Gasteiger partial charge in [0.15, 0.2) is 11.5 Å². The summed E-state index contributed by atoms with van der Waals surface area (Å²) in [6.07, 6.45) is 0.800. The van der Waals surface area contributed by atoms with E-state index in [0.29, 0.717) is 26.2 Å². The number of ether oxygens (including phenoxy) is 3. The van der Waals surface area contributed by atoms with E-state index in [1.54, 1.807) is 4.90 Å². The Morgan fingerprint density at radius 3 is 2.65 bits per heavy atom. The van der Waals surface area contributed by atoms with Crippen LogP contribution in [0.25, 0.3) is 0 Å². The number of carbonyl (C=O) groups excluding carboxylic acids is 1. The SMILES string of the molecule is COCCOc1cc([N+](=O)[O-])c(C(=O)N2CCCNCC2)cc1OC.Cl. The van der Waals surface area contributed by atoms with Gasteiger partial charge in [0.25, 0.3) is 11.6 Å². The molecule has 0 spiro atoms. The highest BCUT2D eigenvalue weighted by Gasteiger charge is 2.28. The zero-order valence-electron chi connectivity index (χ0n) is 14.9. The van der Waals surface area contributed by atoms with E-state index >= 15 is 0 Å². The van der Waals surface area contributed by atoms with Crippen LogP contribution in [-0.2, 0) is 4.74 Å². The van der Waals surface area contributed by atoms with E-state index in [9.17, 15) is 14.9 Å². The van der Waals surface area contributed by atoms with Crippen molar-refractivity contribution in [3.8, 4) is 11.5 Å². The van der Waals surface area contributed by atoms with Gasteiger partial charge in [0.2, 0.25) is 0 Å². The molecule has 1 aromatic rings. The molecule has 0 saturated carbocycles. The number of halogens is 1. The minimum atomic E-state index is -0.577. The van der Waals surface area contributed by atoms with Crippen LogP contribution in [0.2, 0.25) is 0 Å². The third-order valence-electron chi connectivity index (χ3n) is 3.88. The molecule has 10 heteroatoms. The Morgan fingerprint density at radius 1 is 1.23 bits per heavy atom. The first kappa shape index (κ1) is 21.9.